The van der Waals surface area contributed by atoms with Gasteiger partial charge in [-0.25, -0.2) is 0 Å². The van der Waals surface area contributed by atoms with E-state index in [1.165, 1.54) is 0 Å². The first-order valence-electron chi connectivity index (χ1n) is 7.03. The summed E-state index contributed by atoms with van der Waals surface area (Å²) in [6.07, 6.45) is 2.52. The van der Waals surface area contributed by atoms with Crippen LogP contribution >= 0.6 is 0 Å². The molecule has 6 heteroatoms. The molecule has 0 unspecified atom stereocenters. The Morgan fingerprint density at radius 3 is 2.86 bits per heavy atom. The Bertz CT molecular complexity index is 493. The van der Waals surface area contributed by atoms with E-state index in [1.807, 2.05) is 31.1 Å². The Morgan fingerprint density at radius 1 is 1.48 bits per heavy atom. The molecule has 0 N–H and O–H groups in total. The van der Waals surface area contributed by atoms with Gasteiger partial charge in [-0.05, 0) is 18.6 Å². The first-order chi connectivity index (χ1) is 10.1. The third-order valence-corrected chi connectivity index (χ3v) is 3.81. The van der Waals surface area contributed by atoms with Crippen LogP contribution in [0.4, 0.5) is 5.69 Å². The van der Waals surface area contributed by atoms with E-state index in [-0.39, 0.29) is 18.1 Å². The fraction of sp³-hybridized carbons (Fsp3) is 0.600. The second-order valence-corrected chi connectivity index (χ2v) is 5.45. The van der Waals surface area contributed by atoms with E-state index in [0.29, 0.717) is 18.8 Å². The number of anilines is 1. The third kappa shape index (κ3) is 3.51. The molecule has 1 aliphatic heterocycles. The van der Waals surface area contributed by atoms with Crippen LogP contribution in [0, 0.1) is 0 Å². The maximum atomic E-state index is 12.7. The summed E-state index contributed by atoms with van der Waals surface area (Å²) in [5.41, 5.74) is 1.41. The predicted molar refractivity (Wildman–Crippen MR) is 80.7 cm³/mol. The summed E-state index contributed by atoms with van der Waals surface area (Å²) in [5, 5.41) is 0. The molecule has 0 spiro atoms. The molecule has 1 fully saturated rings. The molecule has 0 aliphatic carbocycles. The molecule has 2 atom stereocenters. The number of nitrogens with zero attached hydrogens (tertiary/aromatic N) is 3. The van der Waals surface area contributed by atoms with E-state index in [4.69, 9.17) is 9.47 Å². The minimum absolute atomic E-state index is 0.0391. The summed E-state index contributed by atoms with van der Waals surface area (Å²) >= 11 is 0. The molecule has 2 heterocycles. The highest BCUT2D eigenvalue weighted by molar-refractivity contribution is 5.93. The molecule has 6 nitrogen and oxygen atoms in total. The van der Waals surface area contributed by atoms with E-state index in [2.05, 4.69) is 4.98 Å². The SMILES string of the molecule is COC[C@@H]1C[C@@H](OC)CN1C(=O)c1cc(N(C)C)ccn1. The van der Waals surface area contributed by atoms with Crippen molar-refractivity contribution in [2.45, 2.75) is 18.6 Å². The average molecular weight is 293 g/mol. The van der Waals surface area contributed by atoms with Crippen molar-refractivity contribution in [1.82, 2.24) is 9.88 Å². The van der Waals surface area contributed by atoms with Gasteiger partial charge in [0, 0.05) is 46.7 Å². The van der Waals surface area contributed by atoms with Gasteiger partial charge in [0.15, 0.2) is 0 Å². The number of amides is 1. The van der Waals surface area contributed by atoms with E-state index < -0.39 is 0 Å². The summed E-state index contributed by atoms with van der Waals surface area (Å²) < 4.78 is 10.6. The number of pyridine rings is 1. The number of likely N-dealkylation sites (tertiary alicyclic amines) is 1. The van der Waals surface area contributed by atoms with Crippen LogP contribution in [0.15, 0.2) is 18.3 Å². The fourth-order valence-corrected chi connectivity index (χ4v) is 2.61. The number of hydrogen-bond donors (Lipinski definition) is 0. The molecule has 21 heavy (non-hydrogen) atoms. The van der Waals surface area contributed by atoms with Gasteiger partial charge in [-0.3, -0.25) is 9.78 Å². The standard InChI is InChI=1S/C15H23N3O3/c1-17(2)11-5-6-16-14(8-11)15(19)18-9-13(21-4)7-12(18)10-20-3/h5-6,8,12-13H,7,9-10H2,1-4H3/t12-,13+/m0/s1. The molecule has 1 aliphatic rings. The van der Waals surface area contributed by atoms with E-state index in [1.54, 1.807) is 25.3 Å². The first kappa shape index (κ1) is 15.7. The number of ether oxygens (including phenoxy) is 2. The van der Waals surface area contributed by atoms with Gasteiger partial charge in [0.2, 0.25) is 0 Å². The van der Waals surface area contributed by atoms with Crippen molar-refractivity contribution in [3.8, 4) is 0 Å². The highest BCUT2D eigenvalue weighted by Gasteiger charge is 2.36. The van der Waals surface area contributed by atoms with Crippen molar-refractivity contribution >= 4 is 11.6 Å². The normalized spacial score (nSPS) is 21.6. The van der Waals surface area contributed by atoms with Crippen molar-refractivity contribution in [2.75, 3.05) is 46.4 Å². The minimum atomic E-state index is -0.0692. The van der Waals surface area contributed by atoms with Crippen LogP contribution in [0.5, 0.6) is 0 Å². The first-order valence-corrected chi connectivity index (χ1v) is 7.03. The zero-order chi connectivity index (χ0) is 15.4. The van der Waals surface area contributed by atoms with Crippen molar-refractivity contribution in [2.24, 2.45) is 0 Å². The molecule has 1 saturated heterocycles. The van der Waals surface area contributed by atoms with Crippen molar-refractivity contribution in [3.05, 3.63) is 24.0 Å². The highest BCUT2D eigenvalue weighted by atomic mass is 16.5. The lowest BCUT2D eigenvalue weighted by Crippen LogP contribution is -2.38. The van der Waals surface area contributed by atoms with Gasteiger partial charge in [0.05, 0.1) is 18.8 Å². The molecule has 1 aromatic rings. The van der Waals surface area contributed by atoms with Gasteiger partial charge in [-0.15, -0.1) is 0 Å². The number of rotatable bonds is 5. The molecular formula is C15H23N3O3. The highest BCUT2D eigenvalue weighted by Crippen LogP contribution is 2.23. The van der Waals surface area contributed by atoms with Crippen molar-refractivity contribution < 1.29 is 14.3 Å². The van der Waals surface area contributed by atoms with Gasteiger partial charge in [0.1, 0.15) is 5.69 Å². The topological polar surface area (TPSA) is 54.9 Å². The van der Waals surface area contributed by atoms with Gasteiger partial charge in [-0.2, -0.15) is 0 Å². The van der Waals surface area contributed by atoms with E-state index in [9.17, 15) is 4.79 Å². The quantitative estimate of drug-likeness (QED) is 0.811. The van der Waals surface area contributed by atoms with E-state index >= 15 is 0 Å². The summed E-state index contributed by atoms with van der Waals surface area (Å²) in [4.78, 5) is 20.7. The summed E-state index contributed by atoms with van der Waals surface area (Å²) in [7, 11) is 7.20. The van der Waals surface area contributed by atoms with E-state index in [0.717, 1.165) is 12.1 Å². The molecule has 1 amide bonds. The largest absolute Gasteiger partial charge is 0.383 e. The average Bonchev–Trinajstić information content (AvgIpc) is 2.90. The molecular weight excluding hydrogens is 270 g/mol. The number of hydrogen-bond acceptors (Lipinski definition) is 5. The lowest BCUT2D eigenvalue weighted by molar-refractivity contribution is 0.0606. The molecule has 0 radical (unpaired) electrons. The minimum Gasteiger partial charge on any atom is -0.383 e. The summed E-state index contributed by atoms with van der Waals surface area (Å²) in [6.45, 7) is 1.09. The summed E-state index contributed by atoms with van der Waals surface area (Å²) in [5.74, 6) is -0.0692. The molecule has 0 saturated carbocycles. The predicted octanol–water partition coefficient (Wildman–Crippen LogP) is 1.02. The van der Waals surface area contributed by atoms with Gasteiger partial charge >= 0.3 is 0 Å². The van der Waals surface area contributed by atoms with Crippen LogP contribution in [0.3, 0.4) is 0 Å². The Hall–Kier alpha value is -1.66. The Labute approximate surface area is 125 Å². The monoisotopic (exact) mass is 293 g/mol. The third-order valence-electron chi connectivity index (χ3n) is 3.81. The molecule has 116 valence electrons. The Balaban J connectivity index is 2.19. The van der Waals surface area contributed by atoms with Gasteiger partial charge in [-0.1, -0.05) is 0 Å². The van der Waals surface area contributed by atoms with Crippen LogP contribution in [0.25, 0.3) is 0 Å². The maximum absolute atomic E-state index is 12.7. The van der Waals surface area contributed by atoms with Crippen LogP contribution in [0.1, 0.15) is 16.9 Å². The zero-order valence-corrected chi connectivity index (χ0v) is 13.1. The second kappa shape index (κ2) is 6.87. The van der Waals surface area contributed by atoms with Crippen molar-refractivity contribution in [3.63, 3.8) is 0 Å². The molecule has 0 aromatic carbocycles. The van der Waals surface area contributed by atoms with Crippen LogP contribution in [-0.2, 0) is 9.47 Å². The number of carbonyl (C=O) groups excluding carboxylic acids is 1. The number of aromatic nitrogens is 1. The fourth-order valence-electron chi connectivity index (χ4n) is 2.61. The maximum Gasteiger partial charge on any atom is 0.272 e. The van der Waals surface area contributed by atoms with Gasteiger partial charge < -0.3 is 19.3 Å². The molecule has 0 bridgehead atoms. The number of methoxy groups -OCH3 is 2. The Kier molecular flexibility index (Phi) is 5.14. The second-order valence-electron chi connectivity index (χ2n) is 5.45. The zero-order valence-electron chi connectivity index (χ0n) is 13.1. The summed E-state index contributed by atoms with van der Waals surface area (Å²) in [6, 6.07) is 3.73. The number of carbonyl (C=O) groups is 1. The van der Waals surface area contributed by atoms with Crippen molar-refractivity contribution in [1.29, 1.82) is 0 Å². The van der Waals surface area contributed by atoms with Crippen LogP contribution < -0.4 is 4.90 Å². The van der Waals surface area contributed by atoms with Gasteiger partial charge in [0.25, 0.3) is 5.91 Å². The van der Waals surface area contributed by atoms with Crippen LogP contribution in [-0.4, -0.2) is 69.4 Å². The Morgan fingerprint density at radius 2 is 2.24 bits per heavy atom. The smallest absolute Gasteiger partial charge is 0.272 e. The lowest BCUT2D eigenvalue weighted by atomic mass is 10.2. The van der Waals surface area contributed by atoms with Crippen LogP contribution in [0.2, 0.25) is 0 Å². The molecule has 2 rings (SSSR count). The molecule has 1 aromatic heterocycles. The lowest BCUT2D eigenvalue weighted by Gasteiger charge is -2.24.